The van der Waals surface area contributed by atoms with Crippen LogP contribution in [0.1, 0.15) is 46.5 Å². The zero-order valence-corrected chi connectivity index (χ0v) is 10.6. The summed E-state index contributed by atoms with van der Waals surface area (Å²) in [7, 11) is 0. The molecule has 92 valence electrons. The van der Waals surface area contributed by atoms with Gasteiger partial charge in [-0.2, -0.15) is 0 Å². The minimum Gasteiger partial charge on any atom is -0.463 e. The lowest BCUT2D eigenvalue weighted by molar-refractivity contribution is -0.139. The van der Waals surface area contributed by atoms with Crippen molar-refractivity contribution in [3.63, 3.8) is 0 Å². The van der Waals surface area contributed by atoms with Gasteiger partial charge in [-0.3, -0.25) is 0 Å². The Morgan fingerprint density at radius 2 is 2.25 bits per heavy atom. The maximum absolute atomic E-state index is 11.8. The van der Waals surface area contributed by atoms with Crippen LogP contribution in [0.4, 0.5) is 0 Å². The van der Waals surface area contributed by atoms with Gasteiger partial charge in [-0.25, -0.2) is 4.79 Å². The molecule has 16 heavy (non-hydrogen) atoms. The van der Waals surface area contributed by atoms with Crippen LogP contribution < -0.4 is 5.32 Å². The summed E-state index contributed by atoms with van der Waals surface area (Å²) in [6, 6.07) is 0. The predicted octanol–water partition coefficient (Wildman–Crippen LogP) is 2.62. The van der Waals surface area contributed by atoms with Crippen LogP contribution in [0.5, 0.6) is 0 Å². The van der Waals surface area contributed by atoms with Gasteiger partial charge < -0.3 is 10.1 Å². The Balaban J connectivity index is 2.74. The van der Waals surface area contributed by atoms with E-state index in [1.165, 1.54) is 0 Å². The summed E-state index contributed by atoms with van der Waals surface area (Å²) in [5.41, 5.74) is 1.98. The second-order valence-corrected chi connectivity index (χ2v) is 4.45. The van der Waals surface area contributed by atoms with Gasteiger partial charge in [0.25, 0.3) is 0 Å². The van der Waals surface area contributed by atoms with Crippen molar-refractivity contribution in [3.8, 4) is 0 Å². The van der Waals surface area contributed by atoms with Gasteiger partial charge in [0.1, 0.15) is 0 Å². The molecule has 0 saturated carbocycles. The number of ether oxygens (including phenoxy) is 1. The topological polar surface area (TPSA) is 38.3 Å². The number of hydrogen-bond acceptors (Lipinski definition) is 3. The van der Waals surface area contributed by atoms with Gasteiger partial charge in [0.15, 0.2) is 0 Å². The number of hydrogen-bond donors (Lipinski definition) is 1. The number of carbonyl (C=O) groups excluding carboxylic acids is 1. The van der Waals surface area contributed by atoms with E-state index in [9.17, 15) is 4.79 Å². The molecule has 1 N–H and O–H groups in total. The van der Waals surface area contributed by atoms with Crippen molar-refractivity contribution in [3.05, 3.63) is 11.3 Å². The van der Waals surface area contributed by atoms with E-state index in [-0.39, 0.29) is 5.97 Å². The van der Waals surface area contributed by atoms with Crippen LogP contribution in [-0.2, 0) is 9.53 Å². The van der Waals surface area contributed by atoms with E-state index < -0.39 is 0 Å². The molecule has 0 aromatic carbocycles. The first-order valence-corrected chi connectivity index (χ1v) is 6.32. The van der Waals surface area contributed by atoms with Crippen molar-refractivity contribution in [2.75, 3.05) is 13.2 Å². The molecule has 0 aromatic heterocycles. The Kier molecular flexibility index (Phi) is 5.36. The van der Waals surface area contributed by atoms with Gasteiger partial charge in [0, 0.05) is 12.2 Å². The van der Waals surface area contributed by atoms with Crippen molar-refractivity contribution in [2.24, 2.45) is 5.92 Å². The second-order valence-electron chi connectivity index (χ2n) is 4.45. The fourth-order valence-electron chi connectivity index (χ4n) is 2.01. The van der Waals surface area contributed by atoms with Gasteiger partial charge in [-0.1, -0.05) is 13.8 Å². The van der Waals surface area contributed by atoms with Crippen LogP contribution >= 0.6 is 0 Å². The molecule has 0 amide bonds. The summed E-state index contributed by atoms with van der Waals surface area (Å²) in [6.45, 7) is 7.56. The van der Waals surface area contributed by atoms with Crippen LogP contribution in [0.25, 0.3) is 0 Å². The summed E-state index contributed by atoms with van der Waals surface area (Å²) in [5.74, 6) is 0.458. The number of allylic oxidation sites excluding steroid dienone is 1. The molecular formula is C13H23NO2. The number of carbonyl (C=O) groups is 1. The molecule has 0 saturated heterocycles. The van der Waals surface area contributed by atoms with E-state index in [4.69, 9.17) is 4.74 Å². The van der Waals surface area contributed by atoms with Crippen LogP contribution in [0.15, 0.2) is 11.3 Å². The van der Waals surface area contributed by atoms with Gasteiger partial charge in [-0.15, -0.1) is 0 Å². The summed E-state index contributed by atoms with van der Waals surface area (Å²) >= 11 is 0. The highest BCUT2D eigenvalue weighted by molar-refractivity contribution is 5.89. The lowest BCUT2D eigenvalue weighted by Crippen LogP contribution is -2.25. The first-order valence-electron chi connectivity index (χ1n) is 6.32. The van der Waals surface area contributed by atoms with Crippen molar-refractivity contribution in [1.82, 2.24) is 5.32 Å². The van der Waals surface area contributed by atoms with E-state index in [1.54, 1.807) is 0 Å². The third-order valence-corrected chi connectivity index (χ3v) is 2.91. The van der Waals surface area contributed by atoms with Gasteiger partial charge >= 0.3 is 5.97 Å². The van der Waals surface area contributed by atoms with Crippen LogP contribution in [0, 0.1) is 5.92 Å². The van der Waals surface area contributed by atoms with E-state index in [1.807, 2.05) is 6.92 Å². The normalized spacial score (nSPS) is 20.8. The minimum atomic E-state index is -0.132. The number of nitrogens with one attached hydrogen (secondary N) is 1. The predicted molar refractivity (Wildman–Crippen MR) is 65.0 cm³/mol. The van der Waals surface area contributed by atoms with Crippen LogP contribution in [0.3, 0.4) is 0 Å². The fraction of sp³-hybridized carbons (Fsp3) is 0.769. The zero-order valence-electron chi connectivity index (χ0n) is 10.6. The maximum Gasteiger partial charge on any atom is 0.335 e. The molecule has 0 fully saturated rings. The monoisotopic (exact) mass is 225 g/mol. The first kappa shape index (κ1) is 13.1. The smallest absolute Gasteiger partial charge is 0.335 e. The Morgan fingerprint density at radius 3 is 2.88 bits per heavy atom. The summed E-state index contributed by atoms with van der Waals surface area (Å²) in [4.78, 5) is 11.8. The molecule has 1 atom stereocenters. The Morgan fingerprint density at radius 1 is 1.50 bits per heavy atom. The lowest BCUT2D eigenvalue weighted by atomic mass is 9.88. The molecule has 0 bridgehead atoms. The summed E-state index contributed by atoms with van der Waals surface area (Å²) < 4.78 is 5.10. The van der Waals surface area contributed by atoms with Crippen molar-refractivity contribution in [2.45, 2.75) is 46.5 Å². The summed E-state index contributed by atoms with van der Waals surface area (Å²) in [5, 5.41) is 3.36. The van der Waals surface area contributed by atoms with Crippen LogP contribution in [-0.4, -0.2) is 19.1 Å². The quantitative estimate of drug-likeness (QED) is 0.731. The van der Waals surface area contributed by atoms with E-state index in [0.717, 1.165) is 43.5 Å². The van der Waals surface area contributed by atoms with Crippen molar-refractivity contribution < 1.29 is 9.53 Å². The second kappa shape index (κ2) is 6.56. The average molecular weight is 225 g/mol. The highest BCUT2D eigenvalue weighted by atomic mass is 16.5. The standard InChI is InChI=1S/C13H23NO2/c1-4-8-14-12-7-6-10(3)9-11(12)13(15)16-5-2/h10,14H,4-9H2,1-3H3. The lowest BCUT2D eigenvalue weighted by Gasteiger charge is -2.24. The zero-order chi connectivity index (χ0) is 12.0. The Hall–Kier alpha value is -0.990. The molecule has 3 nitrogen and oxygen atoms in total. The SMILES string of the molecule is CCCNC1=C(C(=O)OCC)CC(C)CC1. The first-order chi connectivity index (χ1) is 7.69. The molecular weight excluding hydrogens is 202 g/mol. The Labute approximate surface area is 98.2 Å². The molecule has 1 unspecified atom stereocenters. The highest BCUT2D eigenvalue weighted by Crippen LogP contribution is 2.28. The molecule has 1 aliphatic rings. The average Bonchev–Trinajstić information content (AvgIpc) is 2.27. The summed E-state index contributed by atoms with van der Waals surface area (Å²) in [6.07, 6.45) is 4.07. The van der Waals surface area contributed by atoms with Gasteiger partial charge in [0.05, 0.1) is 12.2 Å². The number of esters is 1. The van der Waals surface area contributed by atoms with E-state index in [0.29, 0.717) is 12.5 Å². The maximum atomic E-state index is 11.8. The molecule has 0 heterocycles. The molecule has 0 aliphatic heterocycles. The highest BCUT2D eigenvalue weighted by Gasteiger charge is 2.23. The fourth-order valence-corrected chi connectivity index (χ4v) is 2.01. The third kappa shape index (κ3) is 3.54. The molecule has 0 radical (unpaired) electrons. The molecule has 1 rings (SSSR count). The minimum absolute atomic E-state index is 0.132. The van der Waals surface area contributed by atoms with Gasteiger partial charge in [-0.05, 0) is 38.5 Å². The molecule has 0 aromatic rings. The third-order valence-electron chi connectivity index (χ3n) is 2.91. The molecule has 0 spiro atoms. The van der Waals surface area contributed by atoms with E-state index >= 15 is 0 Å². The molecule has 3 heteroatoms. The number of rotatable bonds is 5. The molecule has 1 aliphatic carbocycles. The van der Waals surface area contributed by atoms with Crippen LogP contribution in [0.2, 0.25) is 0 Å². The Bertz CT molecular complexity index is 271. The van der Waals surface area contributed by atoms with Gasteiger partial charge in [0.2, 0.25) is 0 Å². The van der Waals surface area contributed by atoms with E-state index in [2.05, 4.69) is 19.2 Å². The largest absolute Gasteiger partial charge is 0.463 e. The van der Waals surface area contributed by atoms with Crippen molar-refractivity contribution >= 4 is 5.97 Å². The van der Waals surface area contributed by atoms with Crippen molar-refractivity contribution in [1.29, 1.82) is 0 Å².